The first-order valence-corrected chi connectivity index (χ1v) is 6.72. The zero-order valence-corrected chi connectivity index (χ0v) is 11.8. The van der Waals surface area contributed by atoms with Crippen LogP contribution in [-0.4, -0.2) is 31.3 Å². The Balaban J connectivity index is 1.87. The third-order valence-electron chi connectivity index (χ3n) is 5.60. The van der Waals surface area contributed by atoms with E-state index in [9.17, 15) is 9.90 Å². The van der Waals surface area contributed by atoms with Crippen LogP contribution in [0.5, 0.6) is 0 Å². The molecule has 0 unspecified atom stereocenters. The van der Waals surface area contributed by atoms with Crippen molar-refractivity contribution in [1.82, 2.24) is 20.2 Å². The molecule has 2 aliphatic rings. The van der Waals surface area contributed by atoms with E-state index < -0.39 is 11.4 Å². The van der Waals surface area contributed by atoms with Gasteiger partial charge in [0.05, 0.1) is 12.0 Å². The predicted molar refractivity (Wildman–Crippen MR) is 67.4 cm³/mol. The monoisotopic (exact) mass is 264 g/mol. The van der Waals surface area contributed by atoms with Gasteiger partial charge in [-0.1, -0.05) is 27.7 Å². The van der Waals surface area contributed by atoms with E-state index in [1.54, 1.807) is 4.68 Å². The lowest BCUT2D eigenvalue weighted by molar-refractivity contribution is -0.144. The van der Waals surface area contributed by atoms with Crippen LogP contribution in [-0.2, 0) is 11.3 Å². The third kappa shape index (κ3) is 1.55. The summed E-state index contributed by atoms with van der Waals surface area (Å²) in [6.45, 7) is 9.23. The highest BCUT2D eigenvalue weighted by Gasteiger charge is 2.67. The number of carbonyl (C=O) groups is 1. The average Bonchev–Trinajstić information content (AvgIpc) is 3.06. The fourth-order valence-electron chi connectivity index (χ4n) is 3.25. The van der Waals surface area contributed by atoms with Gasteiger partial charge in [0, 0.05) is 5.92 Å². The van der Waals surface area contributed by atoms with Crippen LogP contribution in [0.1, 0.15) is 52.3 Å². The molecule has 6 heteroatoms. The Bertz CT molecular complexity index is 529. The number of hydrogen-bond acceptors (Lipinski definition) is 4. The molecule has 2 saturated carbocycles. The lowest BCUT2D eigenvalue weighted by Crippen LogP contribution is -2.23. The predicted octanol–water partition coefficient (Wildman–Crippen LogP) is 1.69. The number of aliphatic carboxylic acids is 1. The Labute approximate surface area is 112 Å². The van der Waals surface area contributed by atoms with E-state index in [4.69, 9.17) is 0 Å². The first-order valence-electron chi connectivity index (χ1n) is 6.72. The topological polar surface area (TPSA) is 80.9 Å². The van der Waals surface area contributed by atoms with Gasteiger partial charge in [-0.2, -0.15) is 0 Å². The van der Waals surface area contributed by atoms with Gasteiger partial charge < -0.3 is 5.11 Å². The van der Waals surface area contributed by atoms with Gasteiger partial charge in [-0.15, -0.1) is 5.10 Å². The Hall–Kier alpha value is -1.46. The van der Waals surface area contributed by atoms with Crippen molar-refractivity contribution in [2.75, 3.05) is 0 Å². The molecule has 0 aliphatic heterocycles. The molecule has 2 fully saturated rings. The molecule has 1 N–H and O–H groups in total. The van der Waals surface area contributed by atoms with E-state index in [0.717, 1.165) is 18.7 Å². The molecule has 0 saturated heterocycles. The van der Waals surface area contributed by atoms with Crippen LogP contribution in [0.2, 0.25) is 0 Å². The van der Waals surface area contributed by atoms with Crippen molar-refractivity contribution in [1.29, 1.82) is 0 Å². The van der Waals surface area contributed by atoms with E-state index in [2.05, 4.69) is 43.2 Å². The van der Waals surface area contributed by atoms with E-state index in [0.29, 0.717) is 12.5 Å². The summed E-state index contributed by atoms with van der Waals surface area (Å²) in [5.41, 5.74) is -0.327. The van der Waals surface area contributed by atoms with Crippen molar-refractivity contribution in [2.45, 2.75) is 53.0 Å². The zero-order valence-electron chi connectivity index (χ0n) is 11.8. The SMILES string of the molecule is CC1(C)C(c2nnnn2CC2(C(=O)O)CC2)C1(C)C. The molecular formula is C13H20N4O2. The van der Waals surface area contributed by atoms with E-state index in [1.165, 1.54) is 0 Å². The zero-order chi connectivity index (χ0) is 14.1. The molecule has 3 rings (SSSR count). The second kappa shape index (κ2) is 3.35. The lowest BCUT2D eigenvalue weighted by Gasteiger charge is -2.11. The van der Waals surface area contributed by atoms with Crippen LogP contribution in [0.4, 0.5) is 0 Å². The summed E-state index contributed by atoms with van der Waals surface area (Å²) in [5.74, 6) is 0.394. The Morgan fingerprint density at radius 2 is 1.89 bits per heavy atom. The van der Waals surface area contributed by atoms with Gasteiger partial charge in [0.15, 0.2) is 5.82 Å². The molecule has 1 heterocycles. The van der Waals surface area contributed by atoms with Gasteiger partial charge in [-0.3, -0.25) is 4.79 Å². The maximum absolute atomic E-state index is 11.3. The molecule has 104 valence electrons. The van der Waals surface area contributed by atoms with Gasteiger partial charge in [0.1, 0.15) is 0 Å². The number of carboxylic acid groups (broad SMARTS) is 1. The van der Waals surface area contributed by atoms with Crippen LogP contribution >= 0.6 is 0 Å². The summed E-state index contributed by atoms with van der Waals surface area (Å²) in [5, 5.41) is 21.2. The highest BCUT2D eigenvalue weighted by atomic mass is 16.4. The van der Waals surface area contributed by atoms with Gasteiger partial charge in [-0.05, 0) is 34.1 Å². The number of aromatic nitrogens is 4. The second-order valence-electron chi connectivity index (χ2n) is 7.16. The molecule has 6 nitrogen and oxygen atoms in total. The normalized spacial score (nSPS) is 26.1. The third-order valence-corrected chi connectivity index (χ3v) is 5.60. The Kier molecular flexibility index (Phi) is 2.21. The minimum Gasteiger partial charge on any atom is -0.481 e. The highest BCUT2D eigenvalue weighted by molar-refractivity contribution is 5.77. The van der Waals surface area contributed by atoms with Crippen molar-refractivity contribution in [3.05, 3.63) is 5.82 Å². The molecular weight excluding hydrogens is 244 g/mol. The standard InChI is InChI=1S/C13H20N4O2/c1-11(2)8(12(11,3)4)9-14-15-16-17(9)7-13(5-6-13)10(18)19/h8H,5-7H2,1-4H3,(H,18,19). The van der Waals surface area contributed by atoms with E-state index in [1.807, 2.05) is 0 Å². The van der Waals surface area contributed by atoms with Crippen molar-refractivity contribution in [3.63, 3.8) is 0 Å². The van der Waals surface area contributed by atoms with Crippen molar-refractivity contribution in [3.8, 4) is 0 Å². The Morgan fingerprint density at radius 3 is 2.32 bits per heavy atom. The van der Waals surface area contributed by atoms with Crippen molar-refractivity contribution >= 4 is 5.97 Å². The number of hydrogen-bond donors (Lipinski definition) is 1. The lowest BCUT2D eigenvalue weighted by atomic mass is 10.0. The fourth-order valence-corrected chi connectivity index (χ4v) is 3.25. The second-order valence-corrected chi connectivity index (χ2v) is 7.16. The van der Waals surface area contributed by atoms with Crippen molar-refractivity contribution < 1.29 is 9.90 Å². The summed E-state index contributed by atoms with van der Waals surface area (Å²) >= 11 is 0. The van der Waals surface area contributed by atoms with Crippen LogP contribution in [0.3, 0.4) is 0 Å². The molecule has 19 heavy (non-hydrogen) atoms. The van der Waals surface area contributed by atoms with Gasteiger partial charge in [0.25, 0.3) is 0 Å². The quantitative estimate of drug-likeness (QED) is 0.895. The molecule has 0 aromatic carbocycles. The van der Waals surface area contributed by atoms with Gasteiger partial charge >= 0.3 is 5.97 Å². The van der Waals surface area contributed by atoms with Crippen LogP contribution in [0.15, 0.2) is 0 Å². The fraction of sp³-hybridized carbons (Fsp3) is 0.846. The summed E-state index contributed by atoms with van der Waals surface area (Å²) in [4.78, 5) is 11.3. The van der Waals surface area contributed by atoms with E-state index >= 15 is 0 Å². The number of rotatable bonds is 4. The molecule has 1 aromatic rings. The molecule has 1 aromatic heterocycles. The highest BCUT2D eigenvalue weighted by Crippen LogP contribution is 2.73. The molecule has 0 spiro atoms. The average molecular weight is 264 g/mol. The van der Waals surface area contributed by atoms with Gasteiger partial charge in [0.2, 0.25) is 0 Å². The minimum atomic E-state index is -0.733. The molecule has 0 atom stereocenters. The van der Waals surface area contributed by atoms with Gasteiger partial charge in [-0.25, -0.2) is 4.68 Å². The number of tetrazole rings is 1. The van der Waals surface area contributed by atoms with Crippen LogP contribution in [0, 0.1) is 16.2 Å². The maximum atomic E-state index is 11.3. The summed E-state index contributed by atoms with van der Waals surface area (Å²) in [6, 6.07) is 0. The first kappa shape index (κ1) is 12.6. The Morgan fingerprint density at radius 1 is 1.32 bits per heavy atom. The molecule has 0 radical (unpaired) electrons. The largest absolute Gasteiger partial charge is 0.481 e. The summed E-state index contributed by atoms with van der Waals surface area (Å²) in [7, 11) is 0. The molecule has 0 amide bonds. The smallest absolute Gasteiger partial charge is 0.311 e. The van der Waals surface area contributed by atoms with Crippen LogP contribution < -0.4 is 0 Å². The van der Waals surface area contributed by atoms with E-state index in [-0.39, 0.29) is 10.8 Å². The van der Waals surface area contributed by atoms with Crippen molar-refractivity contribution in [2.24, 2.45) is 16.2 Å². The summed E-state index contributed by atoms with van der Waals surface area (Å²) in [6.07, 6.45) is 1.44. The molecule has 0 bridgehead atoms. The van der Waals surface area contributed by atoms with Crippen LogP contribution in [0.25, 0.3) is 0 Å². The first-order chi connectivity index (χ1) is 8.72. The molecule has 2 aliphatic carbocycles. The number of carboxylic acids is 1. The maximum Gasteiger partial charge on any atom is 0.311 e. The minimum absolute atomic E-state index is 0.152. The number of nitrogens with zero attached hydrogens (tertiary/aromatic N) is 4. The summed E-state index contributed by atoms with van der Waals surface area (Å²) < 4.78 is 1.71.